The van der Waals surface area contributed by atoms with Crippen LogP contribution in [0.2, 0.25) is 5.02 Å². The van der Waals surface area contributed by atoms with E-state index in [4.69, 9.17) is 16.4 Å². The summed E-state index contributed by atoms with van der Waals surface area (Å²) in [6.07, 6.45) is 3.39. The molecule has 0 N–H and O–H groups in total. The highest BCUT2D eigenvalue weighted by Gasteiger charge is 2.60. The van der Waals surface area contributed by atoms with Gasteiger partial charge in [-0.15, -0.1) is 0 Å². The van der Waals surface area contributed by atoms with Crippen LogP contribution < -0.4 is 0 Å². The maximum Gasteiger partial charge on any atom is 0.142 e. The van der Waals surface area contributed by atoms with Crippen molar-refractivity contribution in [2.45, 2.75) is 33.8 Å². The van der Waals surface area contributed by atoms with Gasteiger partial charge in [-0.1, -0.05) is 48.3 Å². The molecule has 0 aliphatic heterocycles. The molecular formula is C17H20ClNO. The van der Waals surface area contributed by atoms with Gasteiger partial charge >= 0.3 is 0 Å². The number of oxime groups is 1. The fourth-order valence-corrected chi connectivity index (χ4v) is 3.56. The third-order valence-corrected chi connectivity index (χ3v) is 4.83. The number of allylic oxidation sites excluding steroid dienone is 2. The topological polar surface area (TPSA) is 21.6 Å². The van der Waals surface area contributed by atoms with E-state index in [-0.39, 0.29) is 0 Å². The molecule has 2 aliphatic rings. The molecule has 2 atom stereocenters. The molecule has 0 amide bonds. The van der Waals surface area contributed by atoms with Gasteiger partial charge in [0.25, 0.3) is 0 Å². The zero-order valence-corrected chi connectivity index (χ0v) is 12.9. The maximum atomic E-state index is 5.96. The molecule has 3 rings (SSSR count). The van der Waals surface area contributed by atoms with E-state index in [0.29, 0.717) is 17.9 Å². The van der Waals surface area contributed by atoms with Gasteiger partial charge in [0.15, 0.2) is 0 Å². The Balaban J connectivity index is 1.68. The number of hydrogen-bond acceptors (Lipinski definition) is 2. The smallest absolute Gasteiger partial charge is 0.142 e. The summed E-state index contributed by atoms with van der Waals surface area (Å²) in [6.45, 7) is 7.29. The second-order valence-corrected chi connectivity index (χ2v) is 6.96. The Morgan fingerprint density at radius 2 is 2.20 bits per heavy atom. The van der Waals surface area contributed by atoms with Gasteiger partial charge in [-0.05, 0) is 48.4 Å². The maximum absolute atomic E-state index is 5.96. The molecule has 106 valence electrons. The van der Waals surface area contributed by atoms with Crippen molar-refractivity contribution in [3.8, 4) is 0 Å². The Labute approximate surface area is 125 Å². The van der Waals surface area contributed by atoms with Gasteiger partial charge in [0.2, 0.25) is 0 Å². The number of halogens is 1. The van der Waals surface area contributed by atoms with Gasteiger partial charge in [0.1, 0.15) is 6.61 Å². The monoisotopic (exact) mass is 289 g/mol. The van der Waals surface area contributed by atoms with Crippen molar-refractivity contribution in [3.63, 3.8) is 0 Å². The van der Waals surface area contributed by atoms with E-state index in [9.17, 15) is 0 Å². The molecule has 20 heavy (non-hydrogen) atoms. The minimum atomic E-state index is 0.368. The number of hydrogen-bond donors (Lipinski definition) is 0. The average molecular weight is 290 g/mol. The molecule has 0 heterocycles. The third-order valence-electron chi connectivity index (χ3n) is 4.60. The second kappa shape index (κ2) is 4.92. The Bertz CT molecular complexity index is 588. The van der Waals surface area contributed by atoms with Gasteiger partial charge < -0.3 is 4.84 Å². The number of nitrogens with zero attached hydrogens (tertiary/aromatic N) is 1. The van der Waals surface area contributed by atoms with Crippen molar-refractivity contribution in [1.29, 1.82) is 0 Å². The van der Waals surface area contributed by atoms with Crippen molar-refractivity contribution < 1.29 is 4.84 Å². The van der Waals surface area contributed by atoms with E-state index in [1.165, 1.54) is 12.0 Å². The first-order valence-electron chi connectivity index (χ1n) is 7.10. The van der Waals surface area contributed by atoms with E-state index in [0.717, 1.165) is 22.2 Å². The lowest BCUT2D eigenvalue weighted by molar-refractivity contribution is 0.129. The first-order chi connectivity index (χ1) is 9.48. The summed E-state index contributed by atoms with van der Waals surface area (Å²) in [4.78, 5) is 5.54. The van der Waals surface area contributed by atoms with E-state index in [1.807, 2.05) is 24.3 Å². The molecule has 1 fully saturated rings. The standard InChI is InChI=1S/C17H20ClNO/c1-11-7-14-16(17(14,2)3)15(8-11)19-20-10-12-5-4-6-13(18)9-12/h4-6,8-9,14,16H,7,10H2,1-3H3/b19-15-. The molecule has 2 aliphatic carbocycles. The predicted octanol–water partition coefficient (Wildman–Crippen LogP) is 4.83. The molecule has 2 nitrogen and oxygen atoms in total. The normalized spacial score (nSPS) is 28.8. The summed E-state index contributed by atoms with van der Waals surface area (Å²) >= 11 is 5.96. The summed E-state index contributed by atoms with van der Waals surface area (Å²) in [5.74, 6) is 1.30. The first-order valence-corrected chi connectivity index (χ1v) is 7.48. The minimum absolute atomic E-state index is 0.368. The summed E-state index contributed by atoms with van der Waals surface area (Å²) in [6, 6.07) is 7.70. The Hall–Kier alpha value is -1.28. The largest absolute Gasteiger partial charge is 0.391 e. The lowest BCUT2D eigenvalue weighted by Crippen LogP contribution is -2.08. The van der Waals surface area contributed by atoms with Gasteiger partial charge in [-0.25, -0.2) is 0 Å². The fourth-order valence-electron chi connectivity index (χ4n) is 3.35. The molecule has 0 bridgehead atoms. The van der Waals surface area contributed by atoms with Crippen molar-refractivity contribution in [1.82, 2.24) is 0 Å². The number of rotatable bonds is 3. The van der Waals surface area contributed by atoms with E-state index < -0.39 is 0 Å². The van der Waals surface area contributed by atoms with Crippen LogP contribution in [-0.4, -0.2) is 5.71 Å². The quantitative estimate of drug-likeness (QED) is 0.730. The second-order valence-electron chi connectivity index (χ2n) is 6.52. The molecule has 0 saturated heterocycles. The fraction of sp³-hybridized carbons (Fsp3) is 0.471. The van der Waals surface area contributed by atoms with Crippen LogP contribution in [0.25, 0.3) is 0 Å². The van der Waals surface area contributed by atoms with Crippen molar-refractivity contribution >= 4 is 17.3 Å². The summed E-state index contributed by atoms with van der Waals surface area (Å²) in [5, 5.41) is 5.11. The summed E-state index contributed by atoms with van der Waals surface area (Å²) < 4.78 is 0. The van der Waals surface area contributed by atoms with Crippen LogP contribution in [0.1, 0.15) is 32.8 Å². The average Bonchev–Trinajstić information content (AvgIpc) is 2.91. The molecule has 0 radical (unpaired) electrons. The van der Waals surface area contributed by atoms with Gasteiger partial charge in [-0.2, -0.15) is 0 Å². The molecule has 2 unspecified atom stereocenters. The molecule has 1 aromatic carbocycles. The van der Waals surface area contributed by atoms with Crippen molar-refractivity contribution in [2.75, 3.05) is 0 Å². The Morgan fingerprint density at radius 1 is 1.40 bits per heavy atom. The zero-order valence-electron chi connectivity index (χ0n) is 12.2. The highest BCUT2D eigenvalue weighted by molar-refractivity contribution is 6.30. The Morgan fingerprint density at radius 3 is 2.95 bits per heavy atom. The lowest BCUT2D eigenvalue weighted by atomic mass is 10.00. The van der Waals surface area contributed by atoms with E-state index in [1.54, 1.807) is 0 Å². The van der Waals surface area contributed by atoms with Crippen molar-refractivity contribution in [3.05, 3.63) is 46.5 Å². The SMILES string of the molecule is CC1=C/C(=N/OCc2cccc(Cl)c2)C2C(C1)C2(C)C. The molecule has 3 heteroatoms. The zero-order chi connectivity index (χ0) is 14.3. The third kappa shape index (κ3) is 2.49. The number of benzene rings is 1. The lowest BCUT2D eigenvalue weighted by Gasteiger charge is -2.09. The minimum Gasteiger partial charge on any atom is -0.391 e. The summed E-state index contributed by atoms with van der Waals surface area (Å²) in [7, 11) is 0. The van der Waals surface area contributed by atoms with Crippen LogP contribution >= 0.6 is 11.6 Å². The van der Waals surface area contributed by atoms with Crippen LogP contribution in [0.15, 0.2) is 41.1 Å². The van der Waals surface area contributed by atoms with Gasteiger partial charge in [0, 0.05) is 10.9 Å². The molecule has 0 aromatic heterocycles. The Kier molecular flexibility index (Phi) is 3.37. The van der Waals surface area contributed by atoms with Crippen molar-refractivity contribution in [2.24, 2.45) is 22.4 Å². The predicted molar refractivity (Wildman–Crippen MR) is 82.8 cm³/mol. The molecule has 1 saturated carbocycles. The van der Waals surface area contributed by atoms with Gasteiger partial charge in [0.05, 0.1) is 5.71 Å². The van der Waals surface area contributed by atoms with Crippen LogP contribution in [0.3, 0.4) is 0 Å². The summed E-state index contributed by atoms with van der Waals surface area (Å²) in [5.41, 5.74) is 3.92. The van der Waals surface area contributed by atoms with E-state index >= 15 is 0 Å². The highest BCUT2D eigenvalue weighted by Crippen LogP contribution is 2.63. The van der Waals surface area contributed by atoms with Crippen LogP contribution in [0.5, 0.6) is 0 Å². The van der Waals surface area contributed by atoms with Gasteiger partial charge in [-0.3, -0.25) is 0 Å². The molecule has 0 spiro atoms. The molecule has 1 aromatic rings. The van der Waals surface area contributed by atoms with E-state index in [2.05, 4.69) is 32.0 Å². The molecular weight excluding hydrogens is 270 g/mol. The number of fused-ring (bicyclic) bond motifs is 1. The van der Waals surface area contributed by atoms with Crippen LogP contribution in [0.4, 0.5) is 0 Å². The van der Waals surface area contributed by atoms with Crippen LogP contribution in [-0.2, 0) is 11.4 Å². The van der Waals surface area contributed by atoms with Crippen LogP contribution in [0, 0.1) is 17.3 Å². The highest BCUT2D eigenvalue weighted by atomic mass is 35.5. The first kappa shape index (κ1) is 13.7.